The van der Waals surface area contributed by atoms with E-state index in [2.05, 4.69) is 15.9 Å². The molecule has 2 aromatic rings. The fraction of sp³-hybridized carbons (Fsp3) is 0.222. The molecule has 0 N–H and O–H groups in total. The quantitative estimate of drug-likeness (QED) is 0.515. The molecule has 0 saturated carbocycles. The summed E-state index contributed by atoms with van der Waals surface area (Å²) < 4.78 is 11.3. The summed E-state index contributed by atoms with van der Waals surface area (Å²) in [6, 6.07) is 11.9. The molecule has 0 aliphatic carbocycles. The van der Waals surface area contributed by atoms with Crippen LogP contribution in [-0.2, 0) is 9.53 Å². The van der Waals surface area contributed by atoms with Gasteiger partial charge in [0.25, 0.3) is 0 Å². The van der Waals surface area contributed by atoms with Crippen molar-refractivity contribution >= 4 is 39.3 Å². The number of aryl methyl sites for hydroxylation is 1. The molecule has 0 aliphatic rings. The molecule has 4 nitrogen and oxygen atoms in total. The SMILES string of the molecule is Cc1cc(OCC(=O)O[C@@H](C)C(=O)c2ccc(Br)cc2)ccc1Cl. The molecule has 2 aromatic carbocycles. The zero-order chi connectivity index (χ0) is 17.7. The lowest BCUT2D eigenvalue weighted by Crippen LogP contribution is -2.27. The Balaban J connectivity index is 1.88. The number of carbonyl (C=O) groups is 2. The van der Waals surface area contributed by atoms with E-state index >= 15 is 0 Å². The van der Waals surface area contributed by atoms with Crippen LogP contribution >= 0.6 is 27.5 Å². The normalized spacial score (nSPS) is 11.7. The second-order valence-electron chi connectivity index (χ2n) is 5.20. The Morgan fingerprint density at radius 3 is 2.46 bits per heavy atom. The maximum atomic E-state index is 12.2. The van der Waals surface area contributed by atoms with E-state index in [1.54, 1.807) is 42.5 Å². The van der Waals surface area contributed by atoms with Gasteiger partial charge in [-0.2, -0.15) is 0 Å². The average Bonchev–Trinajstić information content (AvgIpc) is 2.56. The minimum atomic E-state index is -0.880. The number of carbonyl (C=O) groups excluding carboxylic acids is 2. The second-order valence-corrected chi connectivity index (χ2v) is 6.53. The fourth-order valence-electron chi connectivity index (χ4n) is 1.98. The summed E-state index contributed by atoms with van der Waals surface area (Å²) in [7, 11) is 0. The number of rotatable bonds is 6. The maximum Gasteiger partial charge on any atom is 0.344 e. The monoisotopic (exact) mass is 410 g/mol. The molecule has 6 heteroatoms. The third kappa shape index (κ3) is 5.08. The summed E-state index contributed by atoms with van der Waals surface area (Å²) in [6.45, 7) is 3.10. The van der Waals surface area contributed by atoms with Gasteiger partial charge in [0, 0.05) is 15.1 Å². The standard InChI is InChI=1S/C18H16BrClO4/c1-11-9-15(7-8-16(11)20)23-10-17(21)24-12(2)18(22)13-3-5-14(19)6-4-13/h3-9,12H,10H2,1-2H3/t12-/m0/s1. The summed E-state index contributed by atoms with van der Waals surface area (Å²) in [6.07, 6.45) is -0.880. The van der Waals surface area contributed by atoms with E-state index in [4.69, 9.17) is 21.1 Å². The van der Waals surface area contributed by atoms with Gasteiger partial charge in [0.1, 0.15) is 5.75 Å². The molecular weight excluding hydrogens is 396 g/mol. The summed E-state index contributed by atoms with van der Waals surface area (Å²) >= 11 is 9.23. The lowest BCUT2D eigenvalue weighted by atomic mass is 10.1. The molecule has 1 atom stereocenters. The van der Waals surface area contributed by atoms with Crippen LogP contribution in [0.3, 0.4) is 0 Å². The number of ether oxygens (including phenoxy) is 2. The van der Waals surface area contributed by atoms with E-state index in [1.807, 2.05) is 6.92 Å². The van der Waals surface area contributed by atoms with Gasteiger partial charge >= 0.3 is 5.97 Å². The van der Waals surface area contributed by atoms with Crippen molar-refractivity contribution in [1.29, 1.82) is 0 Å². The number of ketones is 1. The number of halogens is 2. The Labute approximate surface area is 153 Å². The van der Waals surface area contributed by atoms with Gasteiger partial charge in [-0.05, 0) is 49.7 Å². The van der Waals surface area contributed by atoms with Gasteiger partial charge in [0.05, 0.1) is 0 Å². The maximum absolute atomic E-state index is 12.2. The van der Waals surface area contributed by atoms with Gasteiger partial charge in [-0.1, -0.05) is 39.7 Å². The van der Waals surface area contributed by atoms with Crippen molar-refractivity contribution in [2.75, 3.05) is 6.61 Å². The molecule has 0 bridgehead atoms. The zero-order valence-electron chi connectivity index (χ0n) is 13.2. The molecule has 0 aromatic heterocycles. The summed E-state index contributed by atoms with van der Waals surface area (Å²) in [5.74, 6) is -0.362. The van der Waals surface area contributed by atoms with Crippen LogP contribution in [0.1, 0.15) is 22.8 Å². The van der Waals surface area contributed by atoms with Gasteiger partial charge in [0.15, 0.2) is 12.7 Å². The smallest absolute Gasteiger partial charge is 0.344 e. The minimum absolute atomic E-state index is 0.266. The van der Waals surface area contributed by atoms with Crippen molar-refractivity contribution in [3.05, 3.63) is 63.1 Å². The summed E-state index contributed by atoms with van der Waals surface area (Å²) in [5.41, 5.74) is 1.33. The van der Waals surface area contributed by atoms with Gasteiger partial charge in [-0.3, -0.25) is 4.79 Å². The molecule has 0 amide bonds. The highest BCUT2D eigenvalue weighted by Gasteiger charge is 2.19. The largest absolute Gasteiger partial charge is 0.482 e. The van der Waals surface area contributed by atoms with Gasteiger partial charge in [-0.15, -0.1) is 0 Å². The predicted molar refractivity (Wildman–Crippen MR) is 95.7 cm³/mol. The van der Waals surface area contributed by atoms with Gasteiger partial charge in [-0.25, -0.2) is 4.79 Å². The van der Waals surface area contributed by atoms with E-state index in [0.29, 0.717) is 16.3 Å². The first-order chi connectivity index (χ1) is 11.4. The number of esters is 1. The van der Waals surface area contributed by atoms with Crippen molar-refractivity contribution in [2.45, 2.75) is 20.0 Å². The molecule has 0 fully saturated rings. The second kappa shape index (κ2) is 8.31. The van der Waals surface area contributed by atoms with Crippen LogP contribution in [-0.4, -0.2) is 24.5 Å². The van der Waals surface area contributed by atoms with Gasteiger partial charge in [0.2, 0.25) is 5.78 Å². The zero-order valence-corrected chi connectivity index (χ0v) is 15.6. The highest BCUT2D eigenvalue weighted by atomic mass is 79.9. The number of Topliss-reactive ketones (excluding diaryl/α,β-unsaturated/α-hetero) is 1. The van der Waals surface area contributed by atoms with Crippen LogP contribution in [0, 0.1) is 6.92 Å². The topological polar surface area (TPSA) is 52.6 Å². The number of hydrogen-bond acceptors (Lipinski definition) is 4. The van der Waals surface area contributed by atoms with E-state index in [9.17, 15) is 9.59 Å². The van der Waals surface area contributed by atoms with E-state index in [1.165, 1.54) is 6.92 Å². The Morgan fingerprint density at radius 1 is 1.17 bits per heavy atom. The minimum Gasteiger partial charge on any atom is -0.482 e. The first-order valence-electron chi connectivity index (χ1n) is 7.25. The highest BCUT2D eigenvalue weighted by Crippen LogP contribution is 2.21. The molecule has 24 heavy (non-hydrogen) atoms. The lowest BCUT2D eigenvalue weighted by molar-refractivity contribution is -0.148. The van der Waals surface area contributed by atoms with Crippen LogP contribution in [0.15, 0.2) is 46.9 Å². The third-order valence-corrected chi connectivity index (χ3v) is 4.25. The third-order valence-electron chi connectivity index (χ3n) is 3.29. The first kappa shape index (κ1) is 18.5. The molecule has 0 unspecified atom stereocenters. The number of hydrogen-bond donors (Lipinski definition) is 0. The summed E-state index contributed by atoms with van der Waals surface area (Å²) in [4.78, 5) is 24.0. The Kier molecular flexibility index (Phi) is 6.40. The Morgan fingerprint density at radius 2 is 1.83 bits per heavy atom. The van der Waals surface area contributed by atoms with E-state index in [0.717, 1.165) is 10.0 Å². The molecular formula is C18H16BrClO4. The Hall–Kier alpha value is -1.85. The molecule has 126 valence electrons. The molecule has 0 saturated heterocycles. The van der Waals surface area contributed by atoms with Crippen LogP contribution < -0.4 is 4.74 Å². The van der Waals surface area contributed by atoms with Crippen LogP contribution in [0.5, 0.6) is 5.75 Å². The van der Waals surface area contributed by atoms with Crippen molar-refractivity contribution < 1.29 is 19.1 Å². The fourth-order valence-corrected chi connectivity index (χ4v) is 2.36. The van der Waals surface area contributed by atoms with E-state index in [-0.39, 0.29) is 12.4 Å². The molecule has 0 aliphatic heterocycles. The highest BCUT2D eigenvalue weighted by molar-refractivity contribution is 9.10. The molecule has 0 heterocycles. The lowest BCUT2D eigenvalue weighted by Gasteiger charge is -2.13. The van der Waals surface area contributed by atoms with Crippen molar-refractivity contribution in [2.24, 2.45) is 0 Å². The van der Waals surface area contributed by atoms with E-state index < -0.39 is 12.1 Å². The Bertz CT molecular complexity index is 743. The van der Waals surface area contributed by atoms with Gasteiger partial charge < -0.3 is 9.47 Å². The predicted octanol–water partition coefficient (Wildman–Crippen LogP) is 4.60. The first-order valence-corrected chi connectivity index (χ1v) is 8.42. The van der Waals surface area contributed by atoms with Crippen molar-refractivity contribution in [3.8, 4) is 5.75 Å². The number of benzene rings is 2. The average molecular weight is 412 g/mol. The van der Waals surface area contributed by atoms with Crippen LogP contribution in [0.2, 0.25) is 5.02 Å². The molecule has 0 spiro atoms. The molecule has 2 rings (SSSR count). The molecule has 0 radical (unpaired) electrons. The summed E-state index contributed by atoms with van der Waals surface area (Å²) in [5, 5.41) is 0.624. The van der Waals surface area contributed by atoms with Crippen LogP contribution in [0.4, 0.5) is 0 Å². The van der Waals surface area contributed by atoms with Crippen molar-refractivity contribution in [3.63, 3.8) is 0 Å². The van der Waals surface area contributed by atoms with Crippen molar-refractivity contribution in [1.82, 2.24) is 0 Å². The van der Waals surface area contributed by atoms with Crippen LogP contribution in [0.25, 0.3) is 0 Å².